The lowest BCUT2D eigenvalue weighted by atomic mass is 9.91. The van der Waals surface area contributed by atoms with Crippen LogP contribution in [0.4, 0.5) is 8.78 Å². The van der Waals surface area contributed by atoms with Gasteiger partial charge in [0.25, 0.3) is 0 Å². The van der Waals surface area contributed by atoms with Gasteiger partial charge in [0.2, 0.25) is 0 Å². The molecule has 0 saturated carbocycles. The first-order valence-corrected chi connectivity index (χ1v) is 9.24. The van der Waals surface area contributed by atoms with Crippen LogP contribution in [0.2, 0.25) is 0 Å². The summed E-state index contributed by atoms with van der Waals surface area (Å²) >= 11 is 0. The Kier molecular flexibility index (Phi) is 10.6. The zero-order valence-electron chi connectivity index (χ0n) is 16.9. The second-order valence-corrected chi connectivity index (χ2v) is 6.92. The summed E-state index contributed by atoms with van der Waals surface area (Å²) in [6.45, 7) is 7.84. The lowest BCUT2D eigenvalue weighted by molar-refractivity contribution is 0.0959. The van der Waals surface area contributed by atoms with Crippen LogP contribution in [0.15, 0.2) is 36.4 Å². The topological polar surface area (TPSA) is 30.5 Å². The van der Waals surface area contributed by atoms with Crippen LogP contribution < -0.4 is 5.32 Å². The van der Waals surface area contributed by atoms with Crippen molar-refractivity contribution in [3.05, 3.63) is 70.3 Å². The van der Waals surface area contributed by atoms with Crippen molar-refractivity contribution in [3.63, 3.8) is 0 Å². The fourth-order valence-corrected chi connectivity index (χ4v) is 3.23. The van der Waals surface area contributed by atoms with Crippen LogP contribution in [0.25, 0.3) is 0 Å². The molecule has 2 aromatic carbocycles. The van der Waals surface area contributed by atoms with Gasteiger partial charge in [0.05, 0.1) is 19.3 Å². The molecule has 0 radical (unpaired) electrons. The summed E-state index contributed by atoms with van der Waals surface area (Å²) in [5.74, 6) is -1.08. The molecule has 0 aliphatic heterocycles. The second-order valence-electron chi connectivity index (χ2n) is 6.92. The quantitative estimate of drug-likeness (QED) is 0.599. The van der Waals surface area contributed by atoms with Crippen molar-refractivity contribution < 1.29 is 18.3 Å². The average molecular weight is 414 g/mol. The molecule has 28 heavy (non-hydrogen) atoms. The van der Waals surface area contributed by atoms with Crippen LogP contribution in [0.3, 0.4) is 0 Å². The van der Waals surface area contributed by atoms with Crippen LogP contribution in [-0.4, -0.2) is 32.9 Å². The van der Waals surface area contributed by atoms with E-state index in [1.165, 1.54) is 34.9 Å². The van der Waals surface area contributed by atoms with E-state index in [1.54, 1.807) is 7.11 Å². The minimum atomic E-state index is -0.578. The summed E-state index contributed by atoms with van der Waals surface area (Å²) in [6.07, 6.45) is 0.108. The highest BCUT2D eigenvalue weighted by molar-refractivity contribution is 5.85. The van der Waals surface area contributed by atoms with Gasteiger partial charge < -0.3 is 14.8 Å². The van der Waals surface area contributed by atoms with Crippen LogP contribution in [-0.2, 0) is 16.1 Å². The van der Waals surface area contributed by atoms with Gasteiger partial charge >= 0.3 is 0 Å². The second kappa shape index (κ2) is 12.1. The Morgan fingerprint density at radius 3 is 2.11 bits per heavy atom. The third-order valence-corrected chi connectivity index (χ3v) is 4.80. The molecule has 2 atom stereocenters. The van der Waals surface area contributed by atoms with Gasteiger partial charge in [0.1, 0.15) is 11.6 Å². The van der Waals surface area contributed by atoms with Crippen molar-refractivity contribution >= 4 is 12.4 Å². The van der Waals surface area contributed by atoms with E-state index in [0.717, 1.165) is 6.54 Å². The smallest absolute Gasteiger partial charge is 0.131 e. The van der Waals surface area contributed by atoms with Gasteiger partial charge in [-0.3, -0.25) is 0 Å². The van der Waals surface area contributed by atoms with E-state index in [4.69, 9.17) is 9.47 Å². The van der Waals surface area contributed by atoms with E-state index < -0.39 is 11.6 Å². The zero-order chi connectivity index (χ0) is 19.8. The predicted octanol–water partition coefficient (Wildman–Crippen LogP) is 4.93. The number of benzene rings is 2. The fraction of sp³-hybridized carbons (Fsp3) is 0.455. The maximum atomic E-state index is 13.8. The highest BCUT2D eigenvalue weighted by atomic mass is 35.5. The molecule has 0 saturated heterocycles. The van der Waals surface area contributed by atoms with Crippen molar-refractivity contribution in [2.75, 3.05) is 26.8 Å². The number of ether oxygens (including phenoxy) is 2. The van der Waals surface area contributed by atoms with Crippen molar-refractivity contribution in [2.24, 2.45) is 0 Å². The van der Waals surface area contributed by atoms with Crippen LogP contribution in [0.1, 0.15) is 35.1 Å². The Labute approximate surface area is 172 Å². The number of rotatable bonds is 10. The lowest BCUT2D eigenvalue weighted by Gasteiger charge is -2.23. The molecule has 0 aliphatic rings. The Bertz CT molecular complexity index is 702. The van der Waals surface area contributed by atoms with Gasteiger partial charge in [0.15, 0.2) is 0 Å². The minimum Gasteiger partial charge on any atom is -0.380 e. The normalized spacial score (nSPS) is 13.1. The largest absolute Gasteiger partial charge is 0.380 e. The molecule has 6 heteroatoms. The van der Waals surface area contributed by atoms with E-state index in [-0.39, 0.29) is 36.6 Å². The number of methoxy groups -OCH3 is 1. The van der Waals surface area contributed by atoms with Gasteiger partial charge in [-0.05, 0) is 49.6 Å². The first-order valence-electron chi connectivity index (χ1n) is 9.24. The summed E-state index contributed by atoms with van der Waals surface area (Å²) < 4.78 is 38.6. The third kappa shape index (κ3) is 6.82. The third-order valence-electron chi connectivity index (χ3n) is 4.80. The van der Waals surface area contributed by atoms with E-state index >= 15 is 0 Å². The molecule has 3 nitrogen and oxygen atoms in total. The predicted molar refractivity (Wildman–Crippen MR) is 111 cm³/mol. The molecule has 0 spiro atoms. The summed E-state index contributed by atoms with van der Waals surface area (Å²) in [5.41, 5.74) is 3.55. The maximum Gasteiger partial charge on any atom is 0.131 e. The standard InChI is InChI=1S/C22H29F2NO2.ClH/c1-15-7-5-8-16(2)22(15)18(12-25-11-17(3)26-4)13-27-14-19-20(23)9-6-10-21(19)24;/h5-10,17-18,25H,11-14H2,1-4H3;1H/t17-,18?;/m1./s1. The number of hydrogen-bond donors (Lipinski definition) is 1. The first kappa shape index (κ1) is 24.5. The summed E-state index contributed by atoms with van der Waals surface area (Å²) in [4.78, 5) is 0. The van der Waals surface area contributed by atoms with Crippen molar-refractivity contribution in [3.8, 4) is 0 Å². The molecule has 0 fully saturated rings. The SMILES string of the molecule is CO[C@H](C)CNCC(COCc1c(F)cccc1F)c1c(C)cccc1C.Cl. The molecule has 2 rings (SSSR count). The van der Waals surface area contributed by atoms with Crippen LogP contribution in [0.5, 0.6) is 0 Å². The Morgan fingerprint density at radius 2 is 1.54 bits per heavy atom. The highest BCUT2D eigenvalue weighted by Crippen LogP contribution is 2.24. The van der Waals surface area contributed by atoms with Crippen LogP contribution >= 0.6 is 12.4 Å². The van der Waals surface area contributed by atoms with Crippen molar-refractivity contribution in [1.82, 2.24) is 5.32 Å². The average Bonchev–Trinajstić information content (AvgIpc) is 2.63. The number of nitrogens with one attached hydrogen (secondary N) is 1. The summed E-state index contributed by atoms with van der Waals surface area (Å²) in [5, 5.41) is 3.41. The molecular formula is C22H30ClF2NO2. The van der Waals surface area contributed by atoms with E-state index in [9.17, 15) is 8.78 Å². The van der Waals surface area contributed by atoms with E-state index in [1.807, 2.05) is 13.0 Å². The van der Waals surface area contributed by atoms with Gasteiger partial charge in [-0.25, -0.2) is 8.78 Å². The molecular weight excluding hydrogens is 384 g/mol. The number of aryl methyl sites for hydroxylation is 2. The molecule has 0 aliphatic carbocycles. The Morgan fingerprint density at radius 1 is 0.964 bits per heavy atom. The monoisotopic (exact) mass is 413 g/mol. The zero-order valence-corrected chi connectivity index (χ0v) is 17.7. The molecule has 0 amide bonds. The molecule has 0 bridgehead atoms. The lowest BCUT2D eigenvalue weighted by Crippen LogP contribution is -2.31. The van der Waals surface area contributed by atoms with Gasteiger partial charge in [-0.2, -0.15) is 0 Å². The van der Waals surface area contributed by atoms with Crippen LogP contribution in [0, 0.1) is 25.5 Å². The Balaban J connectivity index is 0.00000392. The van der Waals surface area contributed by atoms with E-state index in [0.29, 0.717) is 13.2 Å². The number of halogens is 3. The number of hydrogen-bond acceptors (Lipinski definition) is 3. The van der Waals surface area contributed by atoms with Gasteiger partial charge in [0, 0.05) is 31.7 Å². The fourth-order valence-electron chi connectivity index (χ4n) is 3.23. The summed E-state index contributed by atoms with van der Waals surface area (Å²) in [7, 11) is 1.68. The maximum absolute atomic E-state index is 13.8. The molecule has 156 valence electrons. The van der Waals surface area contributed by atoms with Gasteiger partial charge in [-0.15, -0.1) is 12.4 Å². The first-order chi connectivity index (χ1) is 12.9. The summed E-state index contributed by atoms with van der Waals surface area (Å²) in [6, 6.07) is 10.0. The molecule has 1 unspecified atom stereocenters. The minimum absolute atomic E-state index is 0. The highest BCUT2D eigenvalue weighted by Gasteiger charge is 2.18. The Hall–Kier alpha value is -1.53. The van der Waals surface area contributed by atoms with Crippen molar-refractivity contribution in [1.29, 1.82) is 0 Å². The van der Waals surface area contributed by atoms with Gasteiger partial charge in [-0.1, -0.05) is 24.3 Å². The molecule has 1 N–H and O–H groups in total. The molecule has 2 aromatic rings. The molecule has 0 aromatic heterocycles. The molecule has 0 heterocycles. The van der Waals surface area contributed by atoms with Crippen molar-refractivity contribution in [2.45, 2.75) is 39.4 Å². The van der Waals surface area contributed by atoms with E-state index in [2.05, 4.69) is 31.3 Å².